The molecular formula is C24H27FN4O3S. The van der Waals surface area contributed by atoms with Gasteiger partial charge in [-0.2, -0.15) is 5.10 Å². The van der Waals surface area contributed by atoms with Gasteiger partial charge in [0.1, 0.15) is 16.5 Å². The van der Waals surface area contributed by atoms with Crippen molar-refractivity contribution in [1.29, 1.82) is 0 Å². The molecule has 2 saturated heterocycles. The molecule has 2 aliphatic heterocycles. The van der Waals surface area contributed by atoms with Gasteiger partial charge in [-0.05, 0) is 49.4 Å². The summed E-state index contributed by atoms with van der Waals surface area (Å²) in [4.78, 5) is 17.2. The van der Waals surface area contributed by atoms with Gasteiger partial charge in [0.2, 0.25) is 5.91 Å². The Morgan fingerprint density at radius 1 is 1.15 bits per heavy atom. The van der Waals surface area contributed by atoms with Crippen LogP contribution in [-0.2, 0) is 20.7 Å². The summed E-state index contributed by atoms with van der Waals surface area (Å²) in [6.45, 7) is 3.57. The van der Waals surface area contributed by atoms with E-state index < -0.39 is 0 Å². The highest BCUT2D eigenvalue weighted by Gasteiger charge is 2.23. The lowest BCUT2D eigenvalue weighted by Crippen LogP contribution is -2.33. The summed E-state index contributed by atoms with van der Waals surface area (Å²) >= 11 is 1.49. The van der Waals surface area contributed by atoms with Gasteiger partial charge in [-0.25, -0.2) is 9.37 Å². The lowest BCUT2D eigenvalue weighted by atomic mass is 10.0. The van der Waals surface area contributed by atoms with E-state index in [1.165, 1.54) is 23.5 Å². The molecule has 1 atom stereocenters. The molecule has 0 spiro atoms. The highest BCUT2D eigenvalue weighted by atomic mass is 32.1. The molecule has 1 amide bonds. The molecule has 2 fully saturated rings. The van der Waals surface area contributed by atoms with Crippen LogP contribution in [0, 0.1) is 11.7 Å². The molecule has 1 unspecified atom stereocenters. The van der Waals surface area contributed by atoms with Crippen molar-refractivity contribution in [2.24, 2.45) is 5.92 Å². The Labute approximate surface area is 195 Å². The van der Waals surface area contributed by atoms with Gasteiger partial charge >= 0.3 is 0 Å². The predicted molar refractivity (Wildman–Crippen MR) is 123 cm³/mol. The smallest absolute Gasteiger partial charge is 0.226 e. The number of nitrogens with one attached hydrogen (secondary N) is 1. The first kappa shape index (κ1) is 22.2. The number of halogens is 1. The van der Waals surface area contributed by atoms with Crippen molar-refractivity contribution in [3.8, 4) is 21.8 Å². The quantitative estimate of drug-likeness (QED) is 0.567. The molecule has 4 heterocycles. The molecule has 33 heavy (non-hydrogen) atoms. The largest absolute Gasteiger partial charge is 0.381 e. The summed E-state index contributed by atoms with van der Waals surface area (Å²) in [5.74, 6) is 0.181. The molecule has 0 saturated carbocycles. The third-order valence-electron chi connectivity index (χ3n) is 6.18. The Kier molecular flexibility index (Phi) is 6.80. The number of amides is 1. The number of benzene rings is 1. The van der Waals surface area contributed by atoms with E-state index in [4.69, 9.17) is 19.6 Å². The van der Waals surface area contributed by atoms with E-state index in [1.54, 1.807) is 12.1 Å². The van der Waals surface area contributed by atoms with Crippen molar-refractivity contribution in [2.45, 2.75) is 31.7 Å². The molecular weight excluding hydrogens is 443 g/mol. The van der Waals surface area contributed by atoms with Gasteiger partial charge in [0.05, 0.1) is 30.3 Å². The van der Waals surface area contributed by atoms with Crippen LogP contribution in [-0.4, -0.2) is 53.6 Å². The number of thiazole rings is 1. The average molecular weight is 471 g/mol. The summed E-state index contributed by atoms with van der Waals surface area (Å²) in [5, 5.41) is 10.6. The molecule has 0 bridgehead atoms. The Hall–Kier alpha value is -2.62. The van der Waals surface area contributed by atoms with Crippen LogP contribution >= 0.6 is 11.3 Å². The highest BCUT2D eigenvalue weighted by molar-refractivity contribution is 7.13. The van der Waals surface area contributed by atoms with Crippen LogP contribution in [0.3, 0.4) is 0 Å². The second-order valence-corrected chi connectivity index (χ2v) is 9.43. The van der Waals surface area contributed by atoms with Gasteiger partial charge in [-0.15, -0.1) is 11.3 Å². The normalized spacial score (nSPS) is 19.1. The molecule has 3 aromatic rings. The lowest BCUT2D eigenvalue weighted by Gasteiger charge is -2.22. The summed E-state index contributed by atoms with van der Waals surface area (Å²) in [6.07, 6.45) is 5.12. The molecule has 2 aliphatic rings. The van der Waals surface area contributed by atoms with E-state index in [0.29, 0.717) is 19.1 Å². The van der Waals surface area contributed by atoms with Crippen LogP contribution in [0.4, 0.5) is 4.39 Å². The first-order chi connectivity index (χ1) is 16.2. The fraction of sp³-hybridized carbons (Fsp3) is 0.458. The minimum absolute atomic E-state index is 0.0177. The first-order valence-corrected chi connectivity index (χ1v) is 12.3. The molecule has 5 rings (SSSR count). The Bertz CT molecular complexity index is 1090. The fourth-order valence-corrected chi connectivity index (χ4v) is 5.06. The van der Waals surface area contributed by atoms with Gasteiger partial charge in [0.15, 0.2) is 0 Å². The number of rotatable bonds is 7. The number of ether oxygens (including phenoxy) is 2. The van der Waals surface area contributed by atoms with Crippen molar-refractivity contribution < 1.29 is 18.7 Å². The van der Waals surface area contributed by atoms with Crippen LogP contribution in [0.1, 0.15) is 31.0 Å². The van der Waals surface area contributed by atoms with Crippen molar-refractivity contribution >= 4 is 17.2 Å². The van der Waals surface area contributed by atoms with Crippen LogP contribution < -0.4 is 5.32 Å². The zero-order valence-corrected chi connectivity index (χ0v) is 19.2. The number of nitrogens with zero attached hydrogens (tertiary/aromatic N) is 3. The van der Waals surface area contributed by atoms with E-state index in [1.807, 2.05) is 16.3 Å². The monoisotopic (exact) mass is 470 g/mol. The maximum absolute atomic E-state index is 13.5. The Balaban J connectivity index is 1.33. The van der Waals surface area contributed by atoms with Crippen LogP contribution in [0.25, 0.3) is 21.8 Å². The molecule has 7 nitrogen and oxygen atoms in total. The fourth-order valence-electron chi connectivity index (χ4n) is 4.23. The number of carbonyl (C=O) groups excluding carboxylic acids is 1. The number of aromatic nitrogens is 3. The second kappa shape index (κ2) is 10.1. The summed E-state index contributed by atoms with van der Waals surface area (Å²) in [6, 6.07) is 6.51. The van der Waals surface area contributed by atoms with Crippen molar-refractivity contribution in [2.75, 3.05) is 33.0 Å². The first-order valence-electron chi connectivity index (χ1n) is 11.4. The van der Waals surface area contributed by atoms with Gasteiger partial charge in [-0.3, -0.25) is 9.48 Å². The van der Waals surface area contributed by atoms with Crippen molar-refractivity contribution in [3.63, 3.8) is 0 Å². The van der Waals surface area contributed by atoms with Crippen LogP contribution in [0.15, 0.2) is 35.8 Å². The zero-order valence-electron chi connectivity index (χ0n) is 18.3. The third kappa shape index (κ3) is 5.31. The van der Waals surface area contributed by atoms with E-state index in [0.717, 1.165) is 66.6 Å². The Morgan fingerprint density at radius 3 is 2.70 bits per heavy atom. The molecule has 0 radical (unpaired) electrons. The third-order valence-corrected chi connectivity index (χ3v) is 7.11. The van der Waals surface area contributed by atoms with Gasteiger partial charge in [-0.1, -0.05) is 0 Å². The predicted octanol–water partition coefficient (Wildman–Crippen LogP) is 3.86. The molecule has 174 valence electrons. The zero-order chi connectivity index (χ0) is 22.6. The number of carbonyl (C=O) groups is 1. The number of hydrogen-bond donors (Lipinski definition) is 1. The average Bonchev–Trinajstić information content (AvgIpc) is 3.59. The minimum atomic E-state index is -0.285. The maximum Gasteiger partial charge on any atom is 0.226 e. The molecule has 1 aromatic carbocycles. The van der Waals surface area contributed by atoms with Gasteiger partial charge in [0.25, 0.3) is 0 Å². The Morgan fingerprint density at radius 2 is 1.94 bits per heavy atom. The minimum Gasteiger partial charge on any atom is -0.381 e. The molecule has 0 aliphatic carbocycles. The standard InChI is InChI=1S/C24H27FN4O3S/c25-18-3-1-17(2-4-18)23-21(13-29(28-23)20-7-10-32-14-20)24-27-19(15-33-24)11-22(30)26-12-16-5-8-31-9-6-16/h1-4,13,15-16,20H,5-12,14H2,(H,26,30). The van der Waals surface area contributed by atoms with Gasteiger partial charge < -0.3 is 14.8 Å². The van der Waals surface area contributed by atoms with Crippen molar-refractivity contribution in [3.05, 3.63) is 47.4 Å². The summed E-state index contributed by atoms with van der Waals surface area (Å²) in [5.41, 5.74) is 3.20. The second-order valence-electron chi connectivity index (χ2n) is 8.58. The number of hydrogen-bond acceptors (Lipinski definition) is 6. The topological polar surface area (TPSA) is 78.3 Å². The SMILES string of the molecule is O=C(Cc1csc(-c2cn(C3CCOC3)nc2-c2ccc(F)cc2)n1)NCC1CCOCC1. The van der Waals surface area contributed by atoms with E-state index in [9.17, 15) is 9.18 Å². The maximum atomic E-state index is 13.5. The van der Waals surface area contributed by atoms with E-state index in [2.05, 4.69) is 5.32 Å². The van der Waals surface area contributed by atoms with Crippen LogP contribution in [0.2, 0.25) is 0 Å². The van der Waals surface area contributed by atoms with Gasteiger partial charge in [0, 0.05) is 43.5 Å². The van der Waals surface area contributed by atoms with E-state index in [-0.39, 0.29) is 24.2 Å². The van der Waals surface area contributed by atoms with E-state index >= 15 is 0 Å². The lowest BCUT2D eigenvalue weighted by molar-refractivity contribution is -0.120. The molecule has 9 heteroatoms. The summed E-state index contributed by atoms with van der Waals surface area (Å²) in [7, 11) is 0. The van der Waals surface area contributed by atoms with Crippen LogP contribution in [0.5, 0.6) is 0 Å². The molecule has 2 aromatic heterocycles. The summed E-state index contributed by atoms with van der Waals surface area (Å²) < 4.78 is 26.3. The van der Waals surface area contributed by atoms with Crippen molar-refractivity contribution in [1.82, 2.24) is 20.1 Å². The highest BCUT2D eigenvalue weighted by Crippen LogP contribution is 2.35. The molecule has 1 N–H and O–H groups in total.